The topological polar surface area (TPSA) is 68.0 Å². The van der Waals surface area contributed by atoms with Gasteiger partial charge in [-0.2, -0.15) is 0 Å². The molecule has 1 aromatic heterocycles. The second-order valence-corrected chi connectivity index (χ2v) is 4.98. The first-order valence-electron chi connectivity index (χ1n) is 6.42. The van der Waals surface area contributed by atoms with Crippen LogP contribution in [0.3, 0.4) is 0 Å². The Hall–Kier alpha value is -2.17. The Balaban J connectivity index is 1.82. The van der Waals surface area contributed by atoms with E-state index in [4.69, 9.17) is 5.11 Å². The molecule has 1 unspecified atom stereocenters. The number of rotatable bonds is 5. The molecule has 0 aliphatic heterocycles. The zero-order valence-electron chi connectivity index (χ0n) is 10.4. The number of carboxylic acids is 1. The molecule has 1 atom stereocenters. The normalized spacial score (nSPS) is 16.2. The van der Waals surface area contributed by atoms with Crippen molar-refractivity contribution >= 4 is 5.97 Å². The number of hydrogen-bond acceptors (Lipinski definition) is 3. The maximum Gasteiger partial charge on any atom is 0.303 e. The van der Waals surface area contributed by atoms with E-state index in [2.05, 4.69) is 10.3 Å². The Morgan fingerprint density at radius 1 is 1.37 bits per heavy atom. The van der Waals surface area contributed by atoms with Crippen molar-refractivity contribution in [3.05, 3.63) is 42.2 Å². The maximum absolute atomic E-state index is 10.9. The third kappa shape index (κ3) is 2.65. The standard InChI is InChI=1S/C14H15N3O2/c18-14(19)9-13(10-1-2-10)11-3-5-12(6-4-11)17-8-7-15-16-17/h3-8,10,13H,1-2,9H2,(H,18,19). The highest BCUT2D eigenvalue weighted by Gasteiger charge is 2.33. The lowest BCUT2D eigenvalue weighted by Crippen LogP contribution is -2.08. The van der Waals surface area contributed by atoms with Crippen molar-refractivity contribution in [3.8, 4) is 5.69 Å². The van der Waals surface area contributed by atoms with Gasteiger partial charge in [-0.25, -0.2) is 4.68 Å². The lowest BCUT2D eigenvalue weighted by Gasteiger charge is -2.14. The van der Waals surface area contributed by atoms with E-state index >= 15 is 0 Å². The van der Waals surface area contributed by atoms with Crippen molar-refractivity contribution in [1.29, 1.82) is 0 Å². The molecule has 0 saturated heterocycles. The fourth-order valence-electron chi connectivity index (χ4n) is 2.46. The summed E-state index contributed by atoms with van der Waals surface area (Å²) >= 11 is 0. The van der Waals surface area contributed by atoms with Gasteiger partial charge in [0.25, 0.3) is 0 Å². The van der Waals surface area contributed by atoms with Gasteiger partial charge in [0.05, 0.1) is 24.5 Å². The average Bonchev–Trinajstić information content (AvgIpc) is 3.10. The van der Waals surface area contributed by atoms with Crippen LogP contribution in [-0.2, 0) is 4.79 Å². The van der Waals surface area contributed by atoms with Gasteiger partial charge in [0.1, 0.15) is 0 Å². The van der Waals surface area contributed by atoms with Crippen molar-refractivity contribution in [3.63, 3.8) is 0 Å². The Morgan fingerprint density at radius 2 is 2.11 bits per heavy atom. The molecule has 1 heterocycles. The highest BCUT2D eigenvalue weighted by Crippen LogP contribution is 2.44. The third-order valence-corrected chi connectivity index (χ3v) is 3.59. The second-order valence-electron chi connectivity index (χ2n) is 4.98. The predicted octanol–water partition coefficient (Wildman–Crippen LogP) is 2.24. The molecule has 0 amide bonds. The molecular weight excluding hydrogens is 242 g/mol. The molecular formula is C14H15N3O2. The highest BCUT2D eigenvalue weighted by atomic mass is 16.4. The van der Waals surface area contributed by atoms with Gasteiger partial charge < -0.3 is 5.11 Å². The summed E-state index contributed by atoms with van der Waals surface area (Å²) in [5.74, 6) is -0.0483. The first kappa shape index (κ1) is 11.9. The van der Waals surface area contributed by atoms with Crippen LogP contribution in [0.5, 0.6) is 0 Å². The summed E-state index contributed by atoms with van der Waals surface area (Å²) < 4.78 is 1.69. The largest absolute Gasteiger partial charge is 0.481 e. The van der Waals surface area contributed by atoms with Gasteiger partial charge in [0.2, 0.25) is 0 Å². The predicted molar refractivity (Wildman–Crippen MR) is 69.1 cm³/mol. The van der Waals surface area contributed by atoms with Crippen molar-refractivity contribution in [2.75, 3.05) is 0 Å². The molecule has 1 aromatic carbocycles. The first-order valence-corrected chi connectivity index (χ1v) is 6.42. The van der Waals surface area contributed by atoms with Gasteiger partial charge in [-0.1, -0.05) is 17.3 Å². The fourth-order valence-corrected chi connectivity index (χ4v) is 2.46. The minimum atomic E-state index is -0.725. The minimum Gasteiger partial charge on any atom is -0.481 e. The smallest absolute Gasteiger partial charge is 0.303 e. The molecule has 0 radical (unpaired) electrons. The minimum absolute atomic E-state index is 0.141. The molecule has 1 aliphatic rings. The van der Waals surface area contributed by atoms with E-state index in [9.17, 15) is 4.79 Å². The lowest BCUT2D eigenvalue weighted by molar-refractivity contribution is -0.137. The summed E-state index contributed by atoms with van der Waals surface area (Å²) in [6.45, 7) is 0. The van der Waals surface area contributed by atoms with Gasteiger partial charge >= 0.3 is 5.97 Å². The van der Waals surface area contributed by atoms with E-state index in [1.165, 1.54) is 0 Å². The van der Waals surface area contributed by atoms with Crippen LogP contribution in [0.25, 0.3) is 5.69 Å². The number of nitrogens with zero attached hydrogens (tertiary/aromatic N) is 3. The zero-order valence-corrected chi connectivity index (χ0v) is 10.4. The van der Waals surface area contributed by atoms with Crippen molar-refractivity contribution in [2.45, 2.75) is 25.2 Å². The Kier molecular flexibility index (Phi) is 3.03. The Morgan fingerprint density at radius 3 is 2.63 bits per heavy atom. The van der Waals surface area contributed by atoms with Gasteiger partial charge in [-0.05, 0) is 42.4 Å². The fraction of sp³-hybridized carbons (Fsp3) is 0.357. The summed E-state index contributed by atoms with van der Waals surface area (Å²) in [7, 11) is 0. The molecule has 1 N–H and O–H groups in total. The number of aromatic nitrogens is 3. The number of carbonyl (C=O) groups is 1. The summed E-state index contributed by atoms with van der Waals surface area (Å²) in [5, 5.41) is 16.7. The van der Waals surface area contributed by atoms with Gasteiger partial charge in [0, 0.05) is 0 Å². The van der Waals surface area contributed by atoms with Crippen molar-refractivity contribution in [2.24, 2.45) is 5.92 Å². The van der Waals surface area contributed by atoms with Gasteiger partial charge in [-0.15, -0.1) is 5.10 Å². The van der Waals surface area contributed by atoms with Crippen LogP contribution in [0.15, 0.2) is 36.7 Å². The lowest BCUT2D eigenvalue weighted by atomic mass is 9.91. The van der Waals surface area contributed by atoms with E-state index in [0.717, 1.165) is 24.1 Å². The summed E-state index contributed by atoms with van der Waals surface area (Å²) in [6, 6.07) is 7.92. The van der Waals surface area contributed by atoms with E-state index in [0.29, 0.717) is 5.92 Å². The molecule has 2 aromatic rings. The molecule has 19 heavy (non-hydrogen) atoms. The average molecular weight is 257 g/mol. The van der Waals surface area contributed by atoms with Crippen LogP contribution in [0.2, 0.25) is 0 Å². The van der Waals surface area contributed by atoms with Crippen LogP contribution in [0.1, 0.15) is 30.7 Å². The third-order valence-electron chi connectivity index (χ3n) is 3.59. The van der Waals surface area contributed by atoms with Crippen LogP contribution in [-0.4, -0.2) is 26.1 Å². The van der Waals surface area contributed by atoms with Crippen LogP contribution < -0.4 is 0 Å². The van der Waals surface area contributed by atoms with E-state index in [1.54, 1.807) is 17.1 Å². The molecule has 98 valence electrons. The summed E-state index contributed by atoms with van der Waals surface area (Å²) in [6.07, 6.45) is 5.91. The highest BCUT2D eigenvalue weighted by molar-refractivity contribution is 5.68. The molecule has 0 bridgehead atoms. The van der Waals surface area contributed by atoms with Crippen LogP contribution >= 0.6 is 0 Å². The SMILES string of the molecule is O=C(O)CC(c1ccc(-n2ccnn2)cc1)C1CC1. The molecule has 0 spiro atoms. The number of benzene rings is 1. The van der Waals surface area contributed by atoms with E-state index in [-0.39, 0.29) is 12.3 Å². The zero-order chi connectivity index (χ0) is 13.2. The number of hydrogen-bond donors (Lipinski definition) is 1. The van der Waals surface area contributed by atoms with E-state index < -0.39 is 5.97 Å². The second kappa shape index (κ2) is 4.84. The summed E-state index contributed by atoms with van der Waals surface area (Å²) in [5.41, 5.74) is 2.04. The quantitative estimate of drug-likeness (QED) is 0.891. The maximum atomic E-state index is 10.9. The number of carboxylic acid groups (broad SMARTS) is 1. The molecule has 5 heteroatoms. The first-order chi connectivity index (χ1) is 9.24. The number of aliphatic carboxylic acids is 1. The Bertz CT molecular complexity index is 559. The molecule has 1 aliphatic carbocycles. The summed E-state index contributed by atoms with van der Waals surface area (Å²) in [4.78, 5) is 10.9. The van der Waals surface area contributed by atoms with Crippen molar-refractivity contribution < 1.29 is 9.90 Å². The van der Waals surface area contributed by atoms with Crippen molar-refractivity contribution in [1.82, 2.24) is 15.0 Å². The molecule has 5 nitrogen and oxygen atoms in total. The van der Waals surface area contributed by atoms with Gasteiger partial charge in [-0.3, -0.25) is 4.79 Å². The monoisotopic (exact) mass is 257 g/mol. The molecule has 1 fully saturated rings. The molecule has 3 rings (SSSR count). The molecule has 1 saturated carbocycles. The van der Waals surface area contributed by atoms with E-state index in [1.807, 2.05) is 24.3 Å². The van der Waals surface area contributed by atoms with Crippen LogP contribution in [0, 0.1) is 5.92 Å². The Labute approximate surface area is 110 Å². The van der Waals surface area contributed by atoms with Gasteiger partial charge in [0.15, 0.2) is 0 Å². The van der Waals surface area contributed by atoms with Crippen LogP contribution in [0.4, 0.5) is 0 Å².